The highest BCUT2D eigenvalue weighted by molar-refractivity contribution is 7.18. The van der Waals surface area contributed by atoms with E-state index in [0.717, 1.165) is 20.9 Å². The van der Waals surface area contributed by atoms with Crippen molar-refractivity contribution in [1.29, 1.82) is 0 Å². The van der Waals surface area contributed by atoms with Gasteiger partial charge in [0.2, 0.25) is 0 Å². The van der Waals surface area contributed by atoms with Crippen molar-refractivity contribution in [2.45, 2.75) is 26.8 Å². The summed E-state index contributed by atoms with van der Waals surface area (Å²) in [5.74, 6) is -0.864. The number of rotatable bonds is 5. The van der Waals surface area contributed by atoms with Crippen LogP contribution in [0.5, 0.6) is 0 Å². The average molecular weight is 507 g/mol. The molecule has 0 saturated carbocycles. The van der Waals surface area contributed by atoms with Gasteiger partial charge in [-0.1, -0.05) is 29.0 Å². The smallest absolute Gasteiger partial charge is 0.356 e. The number of pyridine rings is 2. The van der Waals surface area contributed by atoms with E-state index in [1.165, 1.54) is 23.5 Å². The number of carboxylic acids is 1. The number of carbonyl (C=O) groups is 1. The van der Waals surface area contributed by atoms with Gasteiger partial charge in [0.15, 0.2) is 16.9 Å². The Morgan fingerprint density at radius 1 is 1.11 bits per heavy atom. The first-order chi connectivity index (χ1) is 16.7. The van der Waals surface area contributed by atoms with E-state index >= 15 is 0 Å². The minimum atomic E-state index is -1.20. The Kier molecular flexibility index (Phi) is 5.74. The highest BCUT2D eigenvalue weighted by atomic mass is 35.5. The van der Waals surface area contributed by atoms with Crippen LogP contribution in [0.2, 0.25) is 5.15 Å². The number of aryl methyl sites for hydroxylation is 2. The van der Waals surface area contributed by atoms with E-state index in [-0.39, 0.29) is 16.3 Å². The van der Waals surface area contributed by atoms with E-state index in [2.05, 4.69) is 20.3 Å². The number of aromatic carboxylic acids is 1. The van der Waals surface area contributed by atoms with Gasteiger partial charge in [-0.15, -0.1) is 0 Å². The van der Waals surface area contributed by atoms with Gasteiger partial charge in [-0.25, -0.2) is 19.7 Å². The van der Waals surface area contributed by atoms with Crippen LogP contribution >= 0.6 is 22.9 Å². The number of nitrogens with one attached hydrogen (secondary N) is 1. The molecule has 1 aromatic carbocycles. The topological polar surface area (TPSA) is 118 Å². The second-order valence-electron chi connectivity index (χ2n) is 8.16. The van der Waals surface area contributed by atoms with Gasteiger partial charge in [0, 0.05) is 11.6 Å². The number of hydrogen-bond donors (Lipinski definition) is 2. The molecule has 0 radical (unpaired) electrons. The Morgan fingerprint density at radius 3 is 2.69 bits per heavy atom. The summed E-state index contributed by atoms with van der Waals surface area (Å²) in [6.07, 6.45) is 0. The second-order valence-corrected chi connectivity index (χ2v) is 9.73. The van der Waals surface area contributed by atoms with E-state index in [1.54, 1.807) is 18.2 Å². The van der Waals surface area contributed by atoms with Crippen LogP contribution in [0.15, 0.2) is 51.7 Å². The molecule has 0 aliphatic heterocycles. The molecule has 4 aromatic heterocycles. The van der Waals surface area contributed by atoms with Crippen molar-refractivity contribution in [2.24, 2.45) is 0 Å². The first-order valence-electron chi connectivity index (χ1n) is 10.7. The van der Waals surface area contributed by atoms with Crippen LogP contribution in [0.3, 0.4) is 0 Å². The second kappa shape index (κ2) is 8.75. The number of anilines is 1. The summed E-state index contributed by atoms with van der Waals surface area (Å²) >= 11 is 7.35. The molecule has 5 aromatic rings. The van der Waals surface area contributed by atoms with Crippen molar-refractivity contribution in [2.75, 3.05) is 5.32 Å². The molecule has 0 spiro atoms. The summed E-state index contributed by atoms with van der Waals surface area (Å²) in [5, 5.41) is 14.1. The molecule has 5 rings (SSSR count). The molecule has 0 saturated heterocycles. The van der Waals surface area contributed by atoms with Gasteiger partial charge in [0.1, 0.15) is 26.8 Å². The monoisotopic (exact) mass is 506 g/mol. The SMILES string of the molecule is Cc1cc([C@@H](C)Nc2ccc(Cl)nc2C(=O)O)c2oc(-c3ccc4nc(C)sc4n3)cc(=O)c2c1. The fourth-order valence-electron chi connectivity index (χ4n) is 3.97. The fourth-order valence-corrected chi connectivity index (χ4v) is 4.90. The summed E-state index contributed by atoms with van der Waals surface area (Å²) in [4.78, 5) is 38.5. The quantitative estimate of drug-likeness (QED) is 0.278. The van der Waals surface area contributed by atoms with Crippen LogP contribution in [-0.2, 0) is 0 Å². The molecular weight excluding hydrogens is 488 g/mol. The number of aromatic nitrogens is 3. The molecule has 176 valence electrons. The maximum Gasteiger partial charge on any atom is 0.356 e. The van der Waals surface area contributed by atoms with Gasteiger partial charge >= 0.3 is 5.97 Å². The van der Waals surface area contributed by atoms with Gasteiger partial charge in [-0.3, -0.25) is 4.79 Å². The normalized spacial score (nSPS) is 12.2. The molecule has 35 heavy (non-hydrogen) atoms. The van der Waals surface area contributed by atoms with Crippen LogP contribution in [0.1, 0.15) is 39.6 Å². The minimum absolute atomic E-state index is 0.0813. The van der Waals surface area contributed by atoms with E-state index in [0.29, 0.717) is 33.7 Å². The molecule has 0 fully saturated rings. The molecular formula is C25H19ClN4O4S. The van der Waals surface area contributed by atoms with E-state index in [4.69, 9.17) is 16.0 Å². The standard InChI is InChI=1S/C25H19ClN4O4S/c1-11-8-14(12(2)27-17-6-7-21(26)30-22(17)25(32)33)23-15(9-11)19(31)10-20(34-23)16-4-5-18-24(29-16)35-13(3)28-18/h4-10,12,27H,1-3H3,(H,32,33)/t12-/m1/s1. The Morgan fingerprint density at radius 2 is 1.91 bits per heavy atom. The summed E-state index contributed by atoms with van der Waals surface area (Å²) in [6.45, 7) is 5.65. The number of nitrogens with zero attached hydrogens (tertiary/aromatic N) is 3. The highest BCUT2D eigenvalue weighted by Crippen LogP contribution is 2.32. The predicted molar refractivity (Wildman–Crippen MR) is 137 cm³/mol. The van der Waals surface area contributed by atoms with E-state index in [1.807, 2.05) is 32.9 Å². The van der Waals surface area contributed by atoms with Crippen molar-refractivity contribution >= 4 is 55.9 Å². The number of halogens is 1. The lowest BCUT2D eigenvalue weighted by molar-refractivity contribution is 0.0691. The van der Waals surface area contributed by atoms with Crippen molar-refractivity contribution in [3.63, 3.8) is 0 Å². The van der Waals surface area contributed by atoms with E-state index in [9.17, 15) is 14.7 Å². The molecule has 2 N–H and O–H groups in total. The molecule has 4 heterocycles. The number of thiazole rings is 1. The molecule has 0 bridgehead atoms. The lowest BCUT2D eigenvalue weighted by atomic mass is 10.0. The lowest BCUT2D eigenvalue weighted by Crippen LogP contribution is -2.13. The van der Waals surface area contributed by atoms with Crippen molar-refractivity contribution in [3.05, 3.63) is 79.7 Å². The minimum Gasteiger partial charge on any atom is -0.476 e. The Bertz CT molecular complexity index is 1700. The van der Waals surface area contributed by atoms with Crippen molar-refractivity contribution < 1.29 is 14.3 Å². The van der Waals surface area contributed by atoms with E-state index < -0.39 is 12.0 Å². The summed E-state index contributed by atoms with van der Waals surface area (Å²) in [6, 6.07) is 11.4. The van der Waals surface area contributed by atoms with Crippen LogP contribution in [0.25, 0.3) is 32.8 Å². The van der Waals surface area contributed by atoms with Gasteiger partial charge in [-0.05, 0) is 56.7 Å². The number of hydrogen-bond acceptors (Lipinski definition) is 8. The number of benzene rings is 1. The molecule has 1 atom stereocenters. The Labute approximate surface area is 208 Å². The summed E-state index contributed by atoms with van der Waals surface area (Å²) < 4.78 is 6.25. The lowest BCUT2D eigenvalue weighted by Gasteiger charge is -2.19. The largest absolute Gasteiger partial charge is 0.476 e. The van der Waals surface area contributed by atoms with Gasteiger partial charge in [-0.2, -0.15) is 0 Å². The molecule has 0 aliphatic rings. The van der Waals surface area contributed by atoms with Gasteiger partial charge < -0.3 is 14.8 Å². The van der Waals surface area contributed by atoms with Crippen LogP contribution in [-0.4, -0.2) is 26.0 Å². The average Bonchev–Trinajstić information content (AvgIpc) is 3.19. The molecule has 10 heteroatoms. The highest BCUT2D eigenvalue weighted by Gasteiger charge is 2.20. The zero-order chi connectivity index (χ0) is 24.9. The summed E-state index contributed by atoms with van der Waals surface area (Å²) in [5.41, 5.74) is 3.20. The van der Waals surface area contributed by atoms with Gasteiger partial charge in [0.05, 0.1) is 22.1 Å². The Balaban J connectivity index is 1.63. The maximum atomic E-state index is 13.1. The first-order valence-corrected chi connectivity index (χ1v) is 11.9. The van der Waals surface area contributed by atoms with Crippen LogP contribution in [0.4, 0.5) is 5.69 Å². The number of carboxylic acid groups (broad SMARTS) is 1. The molecule has 0 amide bonds. The third kappa shape index (κ3) is 4.36. The Hall–Kier alpha value is -3.82. The van der Waals surface area contributed by atoms with Crippen LogP contribution in [0, 0.1) is 13.8 Å². The summed E-state index contributed by atoms with van der Waals surface area (Å²) in [7, 11) is 0. The molecule has 8 nitrogen and oxygen atoms in total. The van der Waals surface area contributed by atoms with Crippen LogP contribution < -0.4 is 10.7 Å². The third-order valence-corrected chi connectivity index (χ3v) is 6.61. The fraction of sp³-hybridized carbons (Fsp3) is 0.160. The van der Waals surface area contributed by atoms with Gasteiger partial charge in [0.25, 0.3) is 0 Å². The maximum absolute atomic E-state index is 13.1. The zero-order valence-electron chi connectivity index (χ0n) is 18.9. The number of fused-ring (bicyclic) bond motifs is 2. The predicted octanol–water partition coefficient (Wildman–Crippen LogP) is 6.00. The molecule has 0 aliphatic carbocycles. The zero-order valence-corrected chi connectivity index (χ0v) is 20.5. The molecule has 0 unspecified atom stereocenters. The van der Waals surface area contributed by atoms with Crippen molar-refractivity contribution in [3.8, 4) is 11.5 Å². The van der Waals surface area contributed by atoms with Crippen molar-refractivity contribution in [1.82, 2.24) is 15.0 Å². The first kappa shape index (κ1) is 22.9. The third-order valence-electron chi connectivity index (χ3n) is 5.52.